The van der Waals surface area contributed by atoms with Crippen LogP contribution in [-0.2, 0) is 13.1 Å². The Morgan fingerprint density at radius 2 is 1.86 bits per heavy atom. The van der Waals surface area contributed by atoms with Gasteiger partial charge in [0.1, 0.15) is 11.5 Å². The molecule has 0 unspecified atom stereocenters. The van der Waals surface area contributed by atoms with E-state index in [2.05, 4.69) is 26.1 Å². The predicted octanol–water partition coefficient (Wildman–Crippen LogP) is 2.76. The molecule has 21 heavy (non-hydrogen) atoms. The van der Waals surface area contributed by atoms with Gasteiger partial charge in [-0.2, -0.15) is 0 Å². The molecule has 2 aromatic heterocycles. The molecular formula is C16H25N3O2. The molecule has 2 heterocycles. The first-order valence-corrected chi connectivity index (χ1v) is 7.36. The maximum Gasteiger partial charge on any atom is 0.328 e. The Hall–Kier alpha value is -1.75. The van der Waals surface area contributed by atoms with E-state index in [4.69, 9.17) is 4.42 Å². The van der Waals surface area contributed by atoms with Gasteiger partial charge in [0.15, 0.2) is 0 Å². The van der Waals surface area contributed by atoms with Gasteiger partial charge in [0.05, 0.1) is 13.1 Å². The van der Waals surface area contributed by atoms with Crippen molar-refractivity contribution in [1.29, 1.82) is 0 Å². The third-order valence-electron chi connectivity index (χ3n) is 3.27. The number of imidazole rings is 1. The lowest BCUT2D eigenvalue weighted by atomic mass is 10.1. The maximum atomic E-state index is 12.2. The van der Waals surface area contributed by atoms with E-state index in [1.54, 1.807) is 15.3 Å². The van der Waals surface area contributed by atoms with Crippen molar-refractivity contribution < 1.29 is 4.42 Å². The fourth-order valence-corrected chi connectivity index (χ4v) is 2.06. The van der Waals surface area contributed by atoms with Gasteiger partial charge in [0.2, 0.25) is 0 Å². The molecule has 116 valence electrons. The Morgan fingerprint density at radius 1 is 1.19 bits per heavy atom. The average Bonchev–Trinajstić information content (AvgIpc) is 2.95. The molecule has 0 bridgehead atoms. The van der Waals surface area contributed by atoms with Gasteiger partial charge in [-0.15, -0.1) is 0 Å². The van der Waals surface area contributed by atoms with E-state index in [0.717, 1.165) is 11.5 Å². The summed E-state index contributed by atoms with van der Waals surface area (Å²) < 4.78 is 9.16. The molecule has 0 aliphatic rings. The SMILES string of the molecule is CC(C)n1ccn(Cc2ccc(CNC(C)(C)C)o2)c1=O. The quantitative estimate of drug-likeness (QED) is 0.921. The fraction of sp³-hybridized carbons (Fsp3) is 0.562. The van der Waals surface area contributed by atoms with E-state index in [1.807, 2.05) is 32.2 Å². The van der Waals surface area contributed by atoms with Gasteiger partial charge < -0.3 is 9.73 Å². The van der Waals surface area contributed by atoms with Crippen molar-refractivity contribution in [3.05, 3.63) is 46.5 Å². The van der Waals surface area contributed by atoms with Gasteiger partial charge in [-0.3, -0.25) is 9.13 Å². The maximum absolute atomic E-state index is 12.2. The van der Waals surface area contributed by atoms with E-state index in [-0.39, 0.29) is 17.3 Å². The minimum Gasteiger partial charge on any atom is -0.463 e. The van der Waals surface area contributed by atoms with E-state index >= 15 is 0 Å². The number of nitrogens with zero attached hydrogens (tertiary/aromatic N) is 2. The topological polar surface area (TPSA) is 52.1 Å². The minimum atomic E-state index is -0.00392. The Labute approximate surface area is 125 Å². The van der Waals surface area contributed by atoms with Crippen LogP contribution >= 0.6 is 0 Å². The molecule has 0 saturated carbocycles. The first-order chi connectivity index (χ1) is 9.76. The number of hydrogen-bond donors (Lipinski definition) is 1. The van der Waals surface area contributed by atoms with Crippen LogP contribution in [-0.4, -0.2) is 14.7 Å². The summed E-state index contributed by atoms with van der Waals surface area (Å²) in [5.74, 6) is 1.68. The Kier molecular flexibility index (Phi) is 4.42. The summed E-state index contributed by atoms with van der Waals surface area (Å²) >= 11 is 0. The highest BCUT2D eigenvalue weighted by Crippen LogP contribution is 2.11. The fourth-order valence-electron chi connectivity index (χ4n) is 2.06. The Bertz CT molecular complexity index is 641. The zero-order chi connectivity index (χ0) is 15.6. The van der Waals surface area contributed by atoms with Crippen LogP contribution in [0.2, 0.25) is 0 Å². The Morgan fingerprint density at radius 3 is 2.43 bits per heavy atom. The third kappa shape index (κ3) is 4.11. The number of nitrogens with one attached hydrogen (secondary N) is 1. The van der Waals surface area contributed by atoms with Crippen LogP contribution in [0.3, 0.4) is 0 Å². The molecule has 0 aliphatic heterocycles. The lowest BCUT2D eigenvalue weighted by molar-refractivity contribution is 0.375. The number of furan rings is 1. The van der Waals surface area contributed by atoms with Crippen molar-refractivity contribution in [3.8, 4) is 0 Å². The molecule has 0 fully saturated rings. The molecule has 0 radical (unpaired) electrons. The molecule has 2 aromatic rings. The van der Waals surface area contributed by atoms with E-state index < -0.39 is 0 Å². The summed E-state index contributed by atoms with van der Waals surface area (Å²) in [6.45, 7) is 11.5. The van der Waals surface area contributed by atoms with Crippen LogP contribution in [0.1, 0.15) is 52.2 Å². The van der Waals surface area contributed by atoms with Crippen LogP contribution in [0.25, 0.3) is 0 Å². The zero-order valence-corrected chi connectivity index (χ0v) is 13.5. The normalized spacial score (nSPS) is 12.3. The van der Waals surface area contributed by atoms with Crippen molar-refractivity contribution in [3.63, 3.8) is 0 Å². The highest BCUT2D eigenvalue weighted by atomic mass is 16.3. The molecule has 0 aromatic carbocycles. The lowest BCUT2D eigenvalue weighted by Gasteiger charge is -2.19. The van der Waals surface area contributed by atoms with Crippen LogP contribution in [0.4, 0.5) is 0 Å². The average molecular weight is 291 g/mol. The molecule has 0 aliphatic carbocycles. The molecule has 0 atom stereocenters. The molecule has 0 spiro atoms. The summed E-state index contributed by atoms with van der Waals surface area (Å²) in [7, 11) is 0. The minimum absolute atomic E-state index is 0.00392. The van der Waals surface area contributed by atoms with Crippen LogP contribution in [0.5, 0.6) is 0 Å². The largest absolute Gasteiger partial charge is 0.463 e. The van der Waals surface area contributed by atoms with Gasteiger partial charge in [-0.25, -0.2) is 4.79 Å². The molecule has 2 rings (SSSR count). The van der Waals surface area contributed by atoms with Crippen molar-refractivity contribution in [2.24, 2.45) is 0 Å². The Balaban J connectivity index is 2.04. The number of hydrogen-bond acceptors (Lipinski definition) is 3. The molecule has 5 nitrogen and oxygen atoms in total. The molecular weight excluding hydrogens is 266 g/mol. The van der Waals surface area contributed by atoms with Crippen LogP contribution in [0, 0.1) is 0 Å². The van der Waals surface area contributed by atoms with Gasteiger partial charge in [0, 0.05) is 24.0 Å². The van der Waals surface area contributed by atoms with E-state index in [1.165, 1.54) is 0 Å². The van der Waals surface area contributed by atoms with Gasteiger partial charge in [0.25, 0.3) is 0 Å². The smallest absolute Gasteiger partial charge is 0.328 e. The molecule has 0 saturated heterocycles. The van der Waals surface area contributed by atoms with Gasteiger partial charge in [-0.1, -0.05) is 0 Å². The second kappa shape index (κ2) is 5.93. The second-order valence-electron chi connectivity index (χ2n) is 6.68. The van der Waals surface area contributed by atoms with Crippen molar-refractivity contribution in [1.82, 2.24) is 14.5 Å². The summed E-state index contributed by atoms with van der Waals surface area (Å²) in [4.78, 5) is 12.2. The highest BCUT2D eigenvalue weighted by Gasteiger charge is 2.11. The number of aromatic nitrogens is 2. The van der Waals surface area contributed by atoms with E-state index in [0.29, 0.717) is 13.1 Å². The first kappa shape index (κ1) is 15.6. The van der Waals surface area contributed by atoms with Crippen LogP contribution < -0.4 is 11.0 Å². The van der Waals surface area contributed by atoms with Crippen molar-refractivity contribution in [2.45, 2.75) is 59.3 Å². The lowest BCUT2D eigenvalue weighted by Crippen LogP contribution is -2.34. The molecule has 0 amide bonds. The van der Waals surface area contributed by atoms with Gasteiger partial charge >= 0.3 is 5.69 Å². The summed E-state index contributed by atoms with van der Waals surface area (Å²) in [6, 6.07) is 4.05. The summed E-state index contributed by atoms with van der Waals surface area (Å²) in [5, 5.41) is 3.38. The van der Waals surface area contributed by atoms with Crippen molar-refractivity contribution in [2.75, 3.05) is 0 Å². The second-order valence-corrected chi connectivity index (χ2v) is 6.68. The third-order valence-corrected chi connectivity index (χ3v) is 3.27. The number of rotatable bonds is 5. The highest BCUT2D eigenvalue weighted by molar-refractivity contribution is 5.08. The summed E-state index contributed by atoms with van der Waals surface area (Å²) in [6.07, 6.45) is 3.62. The molecule has 1 N–H and O–H groups in total. The molecule has 5 heteroatoms. The predicted molar refractivity (Wildman–Crippen MR) is 83.5 cm³/mol. The van der Waals surface area contributed by atoms with Crippen LogP contribution in [0.15, 0.2) is 33.7 Å². The zero-order valence-electron chi connectivity index (χ0n) is 13.5. The van der Waals surface area contributed by atoms with Crippen molar-refractivity contribution >= 4 is 0 Å². The standard InChI is InChI=1S/C16H25N3O2/c1-12(2)19-9-8-18(15(19)20)11-14-7-6-13(21-14)10-17-16(3,4)5/h6-9,12,17H,10-11H2,1-5H3. The monoisotopic (exact) mass is 291 g/mol. The first-order valence-electron chi connectivity index (χ1n) is 7.36. The summed E-state index contributed by atoms with van der Waals surface area (Å²) in [5.41, 5.74) is 0.0500. The van der Waals surface area contributed by atoms with Gasteiger partial charge in [-0.05, 0) is 46.8 Å². The van der Waals surface area contributed by atoms with E-state index in [9.17, 15) is 4.79 Å².